The first-order valence-electron chi connectivity index (χ1n) is 2.74. The molecule has 0 aliphatic heterocycles. The van der Waals surface area contributed by atoms with Crippen LogP contribution >= 0.6 is 0 Å². The van der Waals surface area contributed by atoms with Crippen molar-refractivity contribution in [2.75, 3.05) is 0 Å². The molecule has 0 amide bonds. The first kappa shape index (κ1) is 53.4. The van der Waals surface area contributed by atoms with E-state index in [0.717, 1.165) is 0 Å². The van der Waals surface area contributed by atoms with Gasteiger partial charge in [-0.1, -0.05) is 0 Å². The van der Waals surface area contributed by atoms with E-state index in [1.165, 1.54) is 0 Å². The zero-order valence-corrected chi connectivity index (χ0v) is 8.28. The molecule has 0 aliphatic rings. The van der Waals surface area contributed by atoms with E-state index in [0.29, 0.717) is 0 Å². The second-order valence-electron chi connectivity index (χ2n) is 1.88. The normalized spacial score (nSPS) is 7.35. The summed E-state index contributed by atoms with van der Waals surface area (Å²) in [6.07, 6.45) is -0.224. The molecule has 0 aliphatic carbocycles. The van der Waals surface area contributed by atoms with Crippen LogP contribution in [0.2, 0.25) is 0 Å². The molecule has 16 N–H and O–H groups in total. The van der Waals surface area contributed by atoms with Crippen LogP contribution < -0.4 is 5.73 Å². The molecule has 0 saturated carbocycles. The molecule has 0 aromatic rings. The third kappa shape index (κ3) is 38.6. The van der Waals surface area contributed by atoms with Crippen molar-refractivity contribution >= 4 is 57.4 Å². The predicted molar refractivity (Wildman–Crippen MR) is 62.7 cm³/mol. The van der Waals surface area contributed by atoms with Crippen molar-refractivity contribution in [2.24, 2.45) is 5.73 Å². The van der Waals surface area contributed by atoms with Gasteiger partial charge in [-0.2, -0.15) is 0 Å². The van der Waals surface area contributed by atoms with Gasteiger partial charge in [0.05, 0.1) is 0 Å². The number of carboxylic acid groups (broad SMARTS) is 2. The molecule has 0 radical (unpaired) electrons. The molecule has 0 aromatic heterocycles. The molecular formula is C5H23NO10Sr. The summed E-state index contributed by atoms with van der Waals surface area (Å²) in [5.74, 6) is -2.20. The Bertz CT molecular complexity index is 156. The fourth-order valence-electron chi connectivity index (χ4n) is 0.402. The predicted octanol–water partition coefficient (Wildman–Crippen LogP) is -6.60. The SMILES string of the molecule is N[C@@H](CCC(=O)O)C(=O)O.O.O.O.O.O.O.[SrH2]. The van der Waals surface area contributed by atoms with Gasteiger partial charge in [-0.3, -0.25) is 9.59 Å². The zero-order chi connectivity index (χ0) is 8.15. The average molecular weight is 345 g/mol. The van der Waals surface area contributed by atoms with Crippen molar-refractivity contribution in [1.29, 1.82) is 0 Å². The van der Waals surface area contributed by atoms with Gasteiger partial charge in [0.1, 0.15) is 6.04 Å². The second-order valence-corrected chi connectivity index (χ2v) is 1.88. The first-order valence-corrected chi connectivity index (χ1v) is 2.74. The Morgan fingerprint density at radius 2 is 1.24 bits per heavy atom. The number of nitrogens with two attached hydrogens (primary N) is 1. The van der Waals surface area contributed by atoms with Crippen LogP contribution in [-0.4, -0.2) is 107 Å². The molecule has 0 spiro atoms. The van der Waals surface area contributed by atoms with Crippen LogP contribution in [0.1, 0.15) is 12.8 Å². The van der Waals surface area contributed by atoms with Crippen LogP contribution in [0, 0.1) is 0 Å². The van der Waals surface area contributed by atoms with Crippen molar-refractivity contribution in [1.82, 2.24) is 0 Å². The van der Waals surface area contributed by atoms with Crippen LogP contribution in [0.4, 0.5) is 0 Å². The Hall–Kier alpha value is 0.141. The Kier molecular flexibility index (Phi) is 93.7. The van der Waals surface area contributed by atoms with Gasteiger partial charge in [-0.25, -0.2) is 0 Å². The molecule has 1 atom stereocenters. The summed E-state index contributed by atoms with van der Waals surface area (Å²) in [5, 5.41) is 16.3. The summed E-state index contributed by atoms with van der Waals surface area (Å²) >= 11 is 0. The maximum absolute atomic E-state index is 9.99. The third-order valence-electron chi connectivity index (χ3n) is 0.986. The summed E-state index contributed by atoms with van der Waals surface area (Å²) in [6.45, 7) is 0. The quantitative estimate of drug-likeness (QED) is 0.417. The molecule has 110 valence electrons. The minimum absolute atomic E-state index is 0. The van der Waals surface area contributed by atoms with Gasteiger partial charge < -0.3 is 48.8 Å². The van der Waals surface area contributed by atoms with E-state index in [1.807, 2.05) is 0 Å². The monoisotopic (exact) mass is 345 g/mol. The fourth-order valence-corrected chi connectivity index (χ4v) is 0.402. The summed E-state index contributed by atoms with van der Waals surface area (Å²) < 4.78 is 0. The van der Waals surface area contributed by atoms with Gasteiger partial charge in [0, 0.05) is 6.42 Å². The van der Waals surface area contributed by atoms with E-state index in [2.05, 4.69) is 0 Å². The summed E-state index contributed by atoms with van der Waals surface area (Å²) in [5.41, 5.74) is 5.00. The molecule has 0 aromatic carbocycles. The van der Waals surface area contributed by atoms with Crippen molar-refractivity contribution in [3.63, 3.8) is 0 Å². The number of hydrogen-bond acceptors (Lipinski definition) is 3. The number of carboxylic acids is 2. The Morgan fingerprint density at radius 1 is 0.941 bits per heavy atom. The third-order valence-corrected chi connectivity index (χ3v) is 0.986. The van der Waals surface area contributed by atoms with Crippen LogP contribution in [0.5, 0.6) is 0 Å². The van der Waals surface area contributed by atoms with E-state index in [-0.39, 0.29) is 91.2 Å². The topological polar surface area (TPSA) is 290 Å². The molecule has 0 unspecified atom stereocenters. The molecule has 0 heterocycles. The molecule has 0 rings (SSSR count). The van der Waals surface area contributed by atoms with Crippen LogP contribution in [0.3, 0.4) is 0 Å². The zero-order valence-electron chi connectivity index (χ0n) is 8.28. The van der Waals surface area contributed by atoms with Crippen LogP contribution in [0.25, 0.3) is 0 Å². The second kappa shape index (κ2) is 29.8. The van der Waals surface area contributed by atoms with Gasteiger partial charge in [0.25, 0.3) is 0 Å². The Labute approximate surface area is 134 Å². The van der Waals surface area contributed by atoms with E-state index in [1.54, 1.807) is 0 Å². The number of aliphatic carboxylic acids is 2. The molecule has 0 bridgehead atoms. The van der Waals surface area contributed by atoms with Crippen LogP contribution in [0.15, 0.2) is 0 Å². The van der Waals surface area contributed by atoms with Crippen LogP contribution in [-0.2, 0) is 9.59 Å². The molecule has 17 heavy (non-hydrogen) atoms. The summed E-state index contributed by atoms with van der Waals surface area (Å²) in [4.78, 5) is 19.9. The van der Waals surface area contributed by atoms with Gasteiger partial charge in [0.15, 0.2) is 0 Å². The Morgan fingerprint density at radius 3 is 1.41 bits per heavy atom. The molecular weight excluding hydrogens is 322 g/mol. The first-order chi connectivity index (χ1) is 4.54. The van der Waals surface area contributed by atoms with Gasteiger partial charge >= 0.3 is 57.4 Å². The van der Waals surface area contributed by atoms with Crippen molar-refractivity contribution < 1.29 is 52.7 Å². The fraction of sp³-hybridized carbons (Fsp3) is 0.600. The van der Waals surface area contributed by atoms with Gasteiger partial charge in [-0.15, -0.1) is 0 Å². The Balaban J connectivity index is -0.0000000193. The van der Waals surface area contributed by atoms with Crippen molar-refractivity contribution in [2.45, 2.75) is 18.9 Å². The van der Waals surface area contributed by atoms with Gasteiger partial charge in [0.2, 0.25) is 0 Å². The van der Waals surface area contributed by atoms with E-state index >= 15 is 0 Å². The minimum atomic E-state index is -1.17. The standard InChI is InChI=1S/C5H9NO4.6H2O.Sr.2H/c6-3(5(9)10)1-2-4(7)8;;;;;;;;;/h3H,1-2,6H2,(H,7,8)(H,9,10);6*1H2;;;/t3-;;;;;;;;;/m0........./s1. The molecule has 0 saturated heterocycles. The maximum atomic E-state index is 9.99. The summed E-state index contributed by atoms with van der Waals surface area (Å²) in [6, 6.07) is -1.06. The number of carbonyl (C=O) groups is 2. The van der Waals surface area contributed by atoms with E-state index < -0.39 is 18.0 Å². The van der Waals surface area contributed by atoms with Gasteiger partial charge in [-0.05, 0) is 6.42 Å². The molecule has 11 nitrogen and oxygen atoms in total. The molecule has 12 heteroatoms. The van der Waals surface area contributed by atoms with E-state index in [9.17, 15) is 9.59 Å². The average Bonchev–Trinajstić information content (AvgIpc) is 1.82. The van der Waals surface area contributed by atoms with E-state index in [4.69, 9.17) is 15.9 Å². The number of rotatable bonds is 4. The summed E-state index contributed by atoms with van der Waals surface area (Å²) in [7, 11) is 0. The van der Waals surface area contributed by atoms with Crippen molar-refractivity contribution in [3.8, 4) is 0 Å². The molecule has 0 fully saturated rings. The van der Waals surface area contributed by atoms with Crippen molar-refractivity contribution in [3.05, 3.63) is 0 Å². The number of hydrogen-bond donors (Lipinski definition) is 3.